The summed E-state index contributed by atoms with van der Waals surface area (Å²) in [5.41, 5.74) is 0. The fourth-order valence-corrected chi connectivity index (χ4v) is 5.20. The zero-order chi connectivity index (χ0) is 19.2. The lowest BCUT2D eigenvalue weighted by Crippen LogP contribution is -2.53. The van der Waals surface area contributed by atoms with Gasteiger partial charge in [-0.2, -0.15) is 0 Å². The van der Waals surface area contributed by atoms with Gasteiger partial charge in [-0.3, -0.25) is 4.79 Å². The molecule has 1 atom stereocenters. The zero-order valence-corrected chi connectivity index (χ0v) is 18.2. The van der Waals surface area contributed by atoms with E-state index in [9.17, 15) is 4.79 Å². The van der Waals surface area contributed by atoms with Gasteiger partial charge in [0.1, 0.15) is 0 Å². The highest BCUT2D eigenvalue weighted by molar-refractivity contribution is 7.97. The molecule has 1 unspecified atom stereocenters. The third kappa shape index (κ3) is 5.64. The predicted molar refractivity (Wildman–Crippen MR) is 113 cm³/mol. The highest BCUT2D eigenvalue weighted by Gasteiger charge is 2.33. The standard InChI is InChI=1S/C20H31N3O2S2/c1-4-22(5-2)26-18-8-10-19(11-9-18)27-23-12-6-7-16(13-23)20(24)21(3)17-14-25-15-17/h8-11,16-17H,4-7,12-15H2,1-3H3. The summed E-state index contributed by atoms with van der Waals surface area (Å²) in [4.78, 5) is 17.2. The molecule has 0 spiro atoms. The van der Waals surface area contributed by atoms with Crippen LogP contribution in [0.3, 0.4) is 0 Å². The molecule has 2 aliphatic rings. The maximum atomic E-state index is 12.8. The maximum Gasteiger partial charge on any atom is 0.227 e. The predicted octanol–water partition coefficient (Wildman–Crippen LogP) is 3.61. The van der Waals surface area contributed by atoms with E-state index in [2.05, 4.69) is 46.7 Å². The van der Waals surface area contributed by atoms with Gasteiger partial charge in [0.2, 0.25) is 5.91 Å². The highest BCUT2D eigenvalue weighted by Crippen LogP contribution is 2.31. The lowest BCUT2D eigenvalue weighted by atomic mass is 9.97. The van der Waals surface area contributed by atoms with Crippen molar-refractivity contribution in [3.05, 3.63) is 24.3 Å². The molecule has 27 heavy (non-hydrogen) atoms. The van der Waals surface area contributed by atoms with Crippen LogP contribution in [-0.2, 0) is 9.53 Å². The number of hydrogen-bond acceptors (Lipinski definition) is 6. The molecule has 1 amide bonds. The second-order valence-electron chi connectivity index (χ2n) is 7.14. The van der Waals surface area contributed by atoms with Crippen LogP contribution in [0.1, 0.15) is 26.7 Å². The van der Waals surface area contributed by atoms with Crippen LogP contribution in [0, 0.1) is 5.92 Å². The molecular formula is C20H31N3O2S2. The van der Waals surface area contributed by atoms with Crippen LogP contribution in [0.25, 0.3) is 0 Å². The number of amides is 1. The van der Waals surface area contributed by atoms with Gasteiger partial charge >= 0.3 is 0 Å². The number of hydrogen-bond donors (Lipinski definition) is 0. The minimum absolute atomic E-state index is 0.106. The monoisotopic (exact) mass is 409 g/mol. The van der Waals surface area contributed by atoms with Crippen molar-refractivity contribution in [1.29, 1.82) is 0 Å². The van der Waals surface area contributed by atoms with E-state index in [0.717, 1.165) is 39.0 Å². The molecule has 5 nitrogen and oxygen atoms in total. The fourth-order valence-electron chi connectivity index (χ4n) is 3.35. The topological polar surface area (TPSA) is 36.0 Å². The van der Waals surface area contributed by atoms with Crippen LogP contribution >= 0.6 is 23.9 Å². The Labute approximate surface area is 172 Å². The average molecular weight is 410 g/mol. The van der Waals surface area contributed by atoms with Gasteiger partial charge in [-0.1, -0.05) is 13.8 Å². The number of carbonyl (C=O) groups excluding carboxylic acids is 1. The summed E-state index contributed by atoms with van der Waals surface area (Å²) in [7, 11) is 1.92. The molecule has 150 valence electrons. The zero-order valence-electron chi connectivity index (χ0n) is 16.6. The molecule has 1 aromatic rings. The Bertz CT molecular complexity index is 606. The van der Waals surface area contributed by atoms with E-state index in [1.165, 1.54) is 9.79 Å². The summed E-state index contributed by atoms with van der Waals surface area (Å²) < 4.78 is 9.92. The molecule has 1 aromatic carbocycles. The maximum absolute atomic E-state index is 12.8. The van der Waals surface area contributed by atoms with E-state index in [-0.39, 0.29) is 17.9 Å². The molecule has 0 aliphatic carbocycles. The third-order valence-corrected chi connectivity index (χ3v) is 7.58. The van der Waals surface area contributed by atoms with E-state index in [1.807, 2.05) is 23.9 Å². The summed E-state index contributed by atoms with van der Waals surface area (Å²) >= 11 is 3.59. The molecule has 2 aliphatic heterocycles. The van der Waals surface area contributed by atoms with E-state index in [4.69, 9.17) is 4.74 Å². The molecule has 7 heteroatoms. The van der Waals surface area contributed by atoms with E-state index < -0.39 is 0 Å². The van der Waals surface area contributed by atoms with E-state index >= 15 is 0 Å². The third-order valence-electron chi connectivity index (χ3n) is 5.25. The summed E-state index contributed by atoms with van der Waals surface area (Å²) in [6.45, 7) is 9.70. The van der Waals surface area contributed by atoms with Gasteiger partial charge in [-0.25, -0.2) is 8.61 Å². The van der Waals surface area contributed by atoms with Crippen LogP contribution in [0.2, 0.25) is 0 Å². The number of rotatable bonds is 8. The number of piperidine rings is 1. The van der Waals surface area contributed by atoms with Gasteiger partial charge in [0.05, 0.1) is 25.2 Å². The van der Waals surface area contributed by atoms with Gasteiger partial charge in [0, 0.05) is 43.0 Å². The number of ether oxygens (including phenoxy) is 1. The van der Waals surface area contributed by atoms with Crippen molar-refractivity contribution in [2.45, 2.75) is 42.5 Å². The molecule has 0 radical (unpaired) electrons. The minimum atomic E-state index is 0.106. The number of likely N-dealkylation sites (N-methyl/N-ethyl adjacent to an activating group) is 1. The Balaban J connectivity index is 1.52. The molecule has 0 N–H and O–H groups in total. The first-order chi connectivity index (χ1) is 13.1. The lowest BCUT2D eigenvalue weighted by molar-refractivity contribution is -0.147. The van der Waals surface area contributed by atoms with Crippen LogP contribution < -0.4 is 0 Å². The van der Waals surface area contributed by atoms with E-state index in [0.29, 0.717) is 13.2 Å². The number of carbonyl (C=O) groups is 1. The van der Waals surface area contributed by atoms with Gasteiger partial charge in [-0.15, -0.1) is 0 Å². The lowest BCUT2D eigenvalue weighted by Gasteiger charge is -2.38. The Morgan fingerprint density at radius 3 is 2.44 bits per heavy atom. The van der Waals surface area contributed by atoms with E-state index in [1.54, 1.807) is 11.9 Å². The largest absolute Gasteiger partial charge is 0.377 e. The van der Waals surface area contributed by atoms with Gasteiger partial charge in [0.25, 0.3) is 0 Å². The van der Waals surface area contributed by atoms with Crippen LogP contribution in [0.15, 0.2) is 34.1 Å². The molecule has 2 fully saturated rings. The Kier molecular flexibility index (Phi) is 7.90. The summed E-state index contributed by atoms with van der Waals surface area (Å²) in [6.07, 6.45) is 2.07. The smallest absolute Gasteiger partial charge is 0.227 e. The van der Waals surface area contributed by atoms with Crippen molar-refractivity contribution < 1.29 is 9.53 Å². The molecular weight excluding hydrogens is 378 g/mol. The normalized spacial score (nSPS) is 21.3. The molecule has 2 saturated heterocycles. The van der Waals surface area contributed by atoms with Crippen molar-refractivity contribution in [2.75, 3.05) is 46.4 Å². The van der Waals surface area contributed by atoms with Gasteiger partial charge < -0.3 is 9.64 Å². The van der Waals surface area contributed by atoms with Crippen LogP contribution in [0.4, 0.5) is 0 Å². The summed E-state index contributed by atoms with van der Waals surface area (Å²) in [6, 6.07) is 9.06. The Hall–Kier alpha value is -0.730. The first-order valence-corrected chi connectivity index (χ1v) is 11.5. The van der Waals surface area contributed by atoms with Crippen LogP contribution in [-0.4, -0.2) is 71.9 Å². The Morgan fingerprint density at radius 1 is 1.19 bits per heavy atom. The van der Waals surface area contributed by atoms with Crippen LogP contribution in [0.5, 0.6) is 0 Å². The number of nitrogens with zero attached hydrogens (tertiary/aromatic N) is 3. The number of benzene rings is 1. The molecule has 3 rings (SSSR count). The first-order valence-electron chi connectivity index (χ1n) is 9.91. The summed E-state index contributed by atoms with van der Waals surface area (Å²) in [5, 5.41) is 0. The van der Waals surface area contributed by atoms with Gasteiger partial charge in [-0.05, 0) is 61.0 Å². The molecule has 2 heterocycles. The second kappa shape index (κ2) is 10.2. The fraction of sp³-hybridized carbons (Fsp3) is 0.650. The second-order valence-corrected chi connectivity index (χ2v) is 9.48. The molecule has 0 aromatic heterocycles. The molecule has 0 bridgehead atoms. The van der Waals surface area contributed by atoms with Crippen molar-refractivity contribution >= 4 is 29.8 Å². The SMILES string of the molecule is CCN(CC)Sc1ccc(SN2CCCC(C(=O)N(C)C3COC3)C2)cc1. The highest BCUT2D eigenvalue weighted by atomic mass is 32.2. The summed E-state index contributed by atoms with van der Waals surface area (Å²) in [5.74, 6) is 0.383. The first kappa shape index (κ1) is 21.0. The molecule has 0 saturated carbocycles. The van der Waals surface area contributed by atoms with Crippen molar-refractivity contribution in [3.8, 4) is 0 Å². The van der Waals surface area contributed by atoms with Gasteiger partial charge in [0.15, 0.2) is 0 Å². The minimum Gasteiger partial charge on any atom is -0.377 e. The average Bonchev–Trinajstić information content (AvgIpc) is 2.65. The van der Waals surface area contributed by atoms with Crippen molar-refractivity contribution in [1.82, 2.24) is 13.5 Å². The van der Waals surface area contributed by atoms with Crippen molar-refractivity contribution in [2.24, 2.45) is 5.92 Å². The van der Waals surface area contributed by atoms with Crippen molar-refractivity contribution in [3.63, 3.8) is 0 Å². The Morgan fingerprint density at radius 2 is 1.85 bits per heavy atom. The quantitative estimate of drug-likeness (QED) is 0.611.